The Morgan fingerprint density at radius 2 is 2.50 bits per heavy atom. The first kappa shape index (κ1) is 14.5. The Kier molecular flexibility index (Phi) is 5.60. The molecule has 0 aliphatic rings. The molecule has 18 heavy (non-hydrogen) atoms. The third-order valence-electron chi connectivity index (χ3n) is 2.57. The molecule has 0 aliphatic heterocycles. The molecular formula is C9H15B2N3O4. The van der Waals surface area contributed by atoms with Crippen LogP contribution in [-0.4, -0.2) is 52.9 Å². The van der Waals surface area contributed by atoms with Crippen molar-refractivity contribution in [3.63, 3.8) is 0 Å². The van der Waals surface area contributed by atoms with Gasteiger partial charge < -0.3 is 24.1 Å². The van der Waals surface area contributed by atoms with Gasteiger partial charge in [-0.25, -0.2) is 4.98 Å². The second-order valence-electron chi connectivity index (χ2n) is 3.99. The van der Waals surface area contributed by atoms with Crippen LogP contribution in [0.15, 0.2) is 12.5 Å². The Balaban J connectivity index is 2.68. The molecular weight excluding hydrogens is 236 g/mol. The summed E-state index contributed by atoms with van der Waals surface area (Å²) in [7, 11) is -0.621. The van der Waals surface area contributed by atoms with Gasteiger partial charge in [-0.2, -0.15) is 0 Å². The van der Waals surface area contributed by atoms with Gasteiger partial charge in [0.05, 0.1) is 12.0 Å². The molecule has 0 aliphatic carbocycles. The van der Waals surface area contributed by atoms with Gasteiger partial charge in [0, 0.05) is 12.0 Å². The molecule has 0 saturated carbocycles. The molecule has 96 valence electrons. The summed E-state index contributed by atoms with van der Waals surface area (Å²) in [5.74, 6) is -0.471. The first-order valence-corrected chi connectivity index (χ1v) is 5.52. The van der Waals surface area contributed by atoms with Crippen molar-refractivity contribution in [2.24, 2.45) is 0 Å². The van der Waals surface area contributed by atoms with Crippen molar-refractivity contribution in [2.45, 2.75) is 25.2 Å². The molecule has 0 fully saturated rings. The standard InChI is InChI=1S/C9H15B2N3O4/c1-11(17)14-3-7(13-6-14)2-8(9(16)4-15)10-18-5-12/h3-6,8-10,12,16-17H,2H2,1H3. The third-order valence-corrected chi connectivity index (χ3v) is 2.57. The van der Waals surface area contributed by atoms with Crippen molar-refractivity contribution < 1.29 is 19.6 Å². The average Bonchev–Trinajstić information content (AvgIpc) is 2.82. The molecule has 3 N–H and O–H groups in total. The molecule has 1 rings (SSSR count). The summed E-state index contributed by atoms with van der Waals surface area (Å²) < 4.78 is 6.29. The second-order valence-corrected chi connectivity index (χ2v) is 3.99. The van der Waals surface area contributed by atoms with E-state index in [2.05, 4.69) is 4.98 Å². The van der Waals surface area contributed by atoms with E-state index in [1.807, 2.05) is 0 Å². The summed E-state index contributed by atoms with van der Waals surface area (Å²) in [6, 6.07) is 0. The number of aliphatic hydroxyl groups excluding tert-OH is 1. The van der Waals surface area contributed by atoms with E-state index in [9.17, 15) is 14.9 Å². The van der Waals surface area contributed by atoms with E-state index in [4.69, 9.17) is 10.1 Å². The van der Waals surface area contributed by atoms with Crippen LogP contribution in [0, 0.1) is 5.41 Å². The molecule has 0 bridgehead atoms. The highest BCUT2D eigenvalue weighted by atomic mass is 16.4. The minimum atomic E-state index is -1.17. The smallest absolute Gasteiger partial charge is 0.414 e. The summed E-state index contributed by atoms with van der Waals surface area (Å²) in [5.41, 5.74) is 0.635. The molecule has 2 atom stereocenters. The molecule has 7 nitrogen and oxygen atoms in total. The lowest BCUT2D eigenvalue weighted by Gasteiger charge is -2.15. The van der Waals surface area contributed by atoms with Gasteiger partial charge >= 0.3 is 14.5 Å². The van der Waals surface area contributed by atoms with E-state index >= 15 is 0 Å². The van der Waals surface area contributed by atoms with Gasteiger partial charge in [0.15, 0.2) is 0 Å². The number of imidazole rings is 1. The van der Waals surface area contributed by atoms with Crippen molar-refractivity contribution >= 4 is 27.2 Å². The average molecular weight is 251 g/mol. The number of carbonyl (C=O) groups is 1. The van der Waals surface area contributed by atoms with Crippen LogP contribution in [0.3, 0.4) is 0 Å². The quantitative estimate of drug-likeness (QED) is 0.230. The first-order valence-electron chi connectivity index (χ1n) is 5.52. The van der Waals surface area contributed by atoms with Crippen LogP contribution in [-0.2, 0) is 15.9 Å². The Labute approximate surface area is 106 Å². The number of aromatic nitrogens is 2. The maximum atomic E-state index is 10.6. The summed E-state index contributed by atoms with van der Waals surface area (Å²) >= 11 is 0. The van der Waals surface area contributed by atoms with Gasteiger partial charge in [-0.3, -0.25) is 5.41 Å². The van der Waals surface area contributed by atoms with Crippen LogP contribution in [0.4, 0.5) is 0 Å². The molecule has 2 unspecified atom stereocenters. The van der Waals surface area contributed by atoms with Crippen molar-refractivity contribution in [2.75, 3.05) is 0 Å². The minimum Gasteiger partial charge on any atom is -0.556 e. The molecule has 0 radical (unpaired) electrons. The minimum absolute atomic E-state index is 0.0605. The Morgan fingerprint density at radius 1 is 1.78 bits per heavy atom. The molecule has 0 amide bonds. The number of nitrogens with zero attached hydrogens (tertiary/aromatic N) is 2. The van der Waals surface area contributed by atoms with Crippen molar-refractivity contribution in [3.8, 4) is 0 Å². The summed E-state index contributed by atoms with van der Waals surface area (Å²) in [5, 5.41) is 25.6. The Bertz CT molecular complexity index is 399. The van der Waals surface area contributed by atoms with Gasteiger partial charge in [0.2, 0.25) is 0 Å². The topological polar surface area (TPSA) is 108 Å². The third kappa shape index (κ3) is 4.01. The molecule has 1 aromatic heterocycles. The predicted molar refractivity (Wildman–Crippen MR) is 68.0 cm³/mol. The highest BCUT2D eigenvalue weighted by Gasteiger charge is 2.23. The first-order chi connectivity index (χ1) is 8.58. The predicted octanol–water partition coefficient (Wildman–Crippen LogP) is -1.29. The van der Waals surface area contributed by atoms with Crippen LogP contribution >= 0.6 is 0 Å². The molecule has 0 aromatic carbocycles. The summed E-state index contributed by atoms with van der Waals surface area (Å²) in [6.07, 6.45) is 3.47. The van der Waals surface area contributed by atoms with E-state index < -0.39 is 19.0 Å². The second kappa shape index (κ2) is 6.97. The monoisotopic (exact) mass is 251 g/mol. The fourth-order valence-corrected chi connectivity index (χ4v) is 1.52. The number of aliphatic hydroxyl groups is 1. The van der Waals surface area contributed by atoms with Crippen LogP contribution in [0.1, 0.15) is 5.69 Å². The number of aldehydes is 1. The lowest BCUT2D eigenvalue weighted by atomic mass is 9.73. The highest BCUT2D eigenvalue weighted by Crippen LogP contribution is 2.15. The number of rotatable bonds is 8. The zero-order valence-corrected chi connectivity index (χ0v) is 10.1. The number of hydrogen-bond donors (Lipinski definition) is 3. The molecule has 1 aromatic rings. The van der Waals surface area contributed by atoms with Gasteiger partial charge in [0.25, 0.3) is 0 Å². The van der Waals surface area contributed by atoms with Crippen LogP contribution in [0.5, 0.6) is 0 Å². The van der Waals surface area contributed by atoms with E-state index in [1.54, 1.807) is 13.0 Å². The fraction of sp³-hybridized carbons (Fsp3) is 0.444. The van der Waals surface area contributed by atoms with Crippen LogP contribution in [0.25, 0.3) is 0 Å². The normalized spacial score (nSPS) is 13.5. The molecule has 9 heteroatoms. The van der Waals surface area contributed by atoms with Crippen LogP contribution < -0.4 is 0 Å². The van der Waals surface area contributed by atoms with Crippen molar-refractivity contribution in [1.29, 1.82) is 5.41 Å². The van der Waals surface area contributed by atoms with Gasteiger partial charge in [0.1, 0.15) is 18.8 Å². The maximum absolute atomic E-state index is 10.6. The fourth-order valence-electron chi connectivity index (χ4n) is 1.52. The van der Waals surface area contributed by atoms with E-state index in [0.29, 0.717) is 18.4 Å². The Hall–Kier alpha value is -1.60. The summed E-state index contributed by atoms with van der Waals surface area (Å²) in [4.78, 5) is 14.7. The van der Waals surface area contributed by atoms with E-state index in [-0.39, 0.29) is 7.48 Å². The SMILES string of the molecule is CB(O)n1cnc(CC(BOC=N)C(O)C=O)c1. The van der Waals surface area contributed by atoms with Crippen molar-refractivity contribution in [3.05, 3.63) is 18.2 Å². The molecule has 0 spiro atoms. The van der Waals surface area contributed by atoms with E-state index in [0.717, 1.165) is 6.40 Å². The van der Waals surface area contributed by atoms with E-state index in [1.165, 1.54) is 10.8 Å². The largest absolute Gasteiger partial charge is 0.556 e. The number of nitrogens with one attached hydrogen (secondary N) is 1. The molecule has 0 saturated heterocycles. The van der Waals surface area contributed by atoms with Crippen molar-refractivity contribution in [1.82, 2.24) is 9.46 Å². The molecule has 1 heterocycles. The highest BCUT2D eigenvalue weighted by molar-refractivity contribution is 6.46. The van der Waals surface area contributed by atoms with Gasteiger partial charge in [-0.15, -0.1) is 0 Å². The maximum Gasteiger partial charge on any atom is 0.414 e. The van der Waals surface area contributed by atoms with Crippen LogP contribution in [0.2, 0.25) is 12.6 Å². The zero-order valence-electron chi connectivity index (χ0n) is 10.1. The number of hydrogen-bond acceptors (Lipinski definition) is 6. The summed E-state index contributed by atoms with van der Waals surface area (Å²) in [6.45, 7) is 1.60. The lowest BCUT2D eigenvalue weighted by molar-refractivity contribution is -0.115. The van der Waals surface area contributed by atoms with Gasteiger partial charge in [-0.05, 0) is 13.2 Å². The number of carbonyl (C=O) groups excluding carboxylic acids is 1. The zero-order chi connectivity index (χ0) is 13.5. The Morgan fingerprint density at radius 3 is 3.00 bits per heavy atom. The van der Waals surface area contributed by atoms with Gasteiger partial charge in [-0.1, -0.05) is 0 Å². The lowest BCUT2D eigenvalue weighted by Crippen LogP contribution is -2.25.